The second-order valence-corrected chi connectivity index (χ2v) is 7.85. The first-order valence-corrected chi connectivity index (χ1v) is 10.7. The summed E-state index contributed by atoms with van der Waals surface area (Å²) in [6, 6.07) is 7.54. The number of para-hydroxylation sites is 2. The van der Waals surface area contributed by atoms with Crippen molar-refractivity contribution >= 4 is 17.5 Å². The molecule has 0 fully saturated rings. The minimum Gasteiger partial charge on any atom is -0.486 e. The number of ether oxygens (including phenoxy) is 2. The number of nitrogens with two attached hydrogens (primary N) is 1. The van der Waals surface area contributed by atoms with Gasteiger partial charge in [-0.1, -0.05) is 12.1 Å². The van der Waals surface area contributed by atoms with Gasteiger partial charge in [0.1, 0.15) is 12.2 Å². The number of carbonyl (C=O) groups is 2. The van der Waals surface area contributed by atoms with Crippen LogP contribution >= 0.6 is 0 Å². The average molecular weight is 438 g/mol. The van der Waals surface area contributed by atoms with Crippen molar-refractivity contribution in [2.45, 2.75) is 39.7 Å². The van der Waals surface area contributed by atoms with E-state index < -0.39 is 5.91 Å². The van der Waals surface area contributed by atoms with Crippen LogP contribution in [-0.2, 0) is 11.2 Å². The molecule has 0 spiro atoms. The topological polar surface area (TPSA) is 112 Å². The first-order chi connectivity index (χ1) is 15.4. The number of aromatic nitrogens is 3. The quantitative estimate of drug-likeness (QED) is 0.606. The summed E-state index contributed by atoms with van der Waals surface area (Å²) in [4.78, 5) is 30.9. The van der Waals surface area contributed by atoms with Gasteiger partial charge in [0.2, 0.25) is 5.91 Å². The number of rotatable bonds is 7. The zero-order chi connectivity index (χ0) is 22.8. The van der Waals surface area contributed by atoms with Crippen molar-refractivity contribution in [2.75, 3.05) is 19.7 Å². The summed E-state index contributed by atoms with van der Waals surface area (Å²) < 4.78 is 13.4. The zero-order valence-corrected chi connectivity index (χ0v) is 18.5. The molecule has 32 heavy (non-hydrogen) atoms. The largest absolute Gasteiger partial charge is 0.486 e. The molecule has 1 aliphatic heterocycles. The third-order valence-corrected chi connectivity index (χ3v) is 5.79. The second-order valence-electron chi connectivity index (χ2n) is 7.85. The van der Waals surface area contributed by atoms with Crippen molar-refractivity contribution in [3.63, 3.8) is 0 Å². The molecule has 4 rings (SSSR count). The van der Waals surface area contributed by atoms with Gasteiger partial charge in [-0.2, -0.15) is 5.10 Å². The Morgan fingerprint density at radius 2 is 2.00 bits per heavy atom. The van der Waals surface area contributed by atoms with Crippen molar-refractivity contribution in [1.82, 2.24) is 19.5 Å². The van der Waals surface area contributed by atoms with Crippen LogP contribution in [0.3, 0.4) is 0 Å². The van der Waals surface area contributed by atoms with E-state index in [4.69, 9.17) is 15.2 Å². The van der Waals surface area contributed by atoms with Gasteiger partial charge in [0.25, 0.3) is 5.91 Å². The van der Waals surface area contributed by atoms with Crippen LogP contribution in [0.15, 0.2) is 30.5 Å². The lowest BCUT2D eigenvalue weighted by Crippen LogP contribution is -2.43. The predicted molar refractivity (Wildman–Crippen MR) is 118 cm³/mol. The highest BCUT2D eigenvalue weighted by Gasteiger charge is 2.25. The fourth-order valence-corrected chi connectivity index (χ4v) is 4.04. The molecule has 1 aromatic carbocycles. The molecule has 2 aromatic heterocycles. The van der Waals surface area contributed by atoms with Crippen LogP contribution in [0.5, 0.6) is 11.5 Å². The lowest BCUT2D eigenvalue weighted by atomic mass is 10.1. The maximum atomic E-state index is 13.0. The predicted octanol–water partition coefficient (Wildman–Crippen LogP) is 2.07. The van der Waals surface area contributed by atoms with E-state index in [1.807, 2.05) is 45.0 Å². The van der Waals surface area contributed by atoms with Gasteiger partial charge >= 0.3 is 0 Å². The van der Waals surface area contributed by atoms with Gasteiger partial charge in [0.15, 0.2) is 23.3 Å². The van der Waals surface area contributed by atoms with Gasteiger partial charge in [-0.25, -0.2) is 9.50 Å². The Balaban J connectivity index is 1.43. The van der Waals surface area contributed by atoms with Crippen LogP contribution < -0.4 is 15.2 Å². The molecular weight excluding hydrogens is 410 g/mol. The van der Waals surface area contributed by atoms with Crippen molar-refractivity contribution in [3.8, 4) is 11.5 Å². The molecule has 2 amide bonds. The summed E-state index contributed by atoms with van der Waals surface area (Å²) in [5.74, 6) is 0.897. The van der Waals surface area contributed by atoms with E-state index in [-0.39, 0.29) is 17.6 Å². The van der Waals surface area contributed by atoms with Gasteiger partial charge in [0.05, 0.1) is 12.7 Å². The van der Waals surface area contributed by atoms with Gasteiger partial charge in [-0.3, -0.25) is 9.59 Å². The molecule has 1 aliphatic rings. The van der Waals surface area contributed by atoms with Crippen LogP contribution in [0.2, 0.25) is 0 Å². The maximum absolute atomic E-state index is 13.0. The van der Waals surface area contributed by atoms with E-state index in [0.29, 0.717) is 43.9 Å². The van der Waals surface area contributed by atoms with Gasteiger partial charge in [-0.05, 0) is 44.9 Å². The van der Waals surface area contributed by atoms with E-state index in [1.165, 1.54) is 6.20 Å². The van der Waals surface area contributed by atoms with Crippen LogP contribution in [0.4, 0.5) is 0 Å². The minimum absolute atomic E-state index is 0.0344. The molecule has 3 aromatic rings. The maximum Gasteiger partial charge on any atom is 0.254 e. The van der Waals surface area contributed by atoms with Crippen LogP contribution in [0.25, 0.3) is 5.65 Å². The Hall–Kier alpha value is -3.62. The second kappa shape index (κ2) is 8.86. The molecule has 0 saturated carbocycles. The van der Waals surface area contributed by atoms with Crippen LogP contribution in [0, 0.1) is 13.8 Å². The van der Waals surface area contributed by atoms with Crippen LogP contribution in [0.1, 0.15) is 40.7 Å². The SMILES string of the molecule is CCN(CC1COc2ccccc2O1)C(=O)CCc1c(C)nc2c(C(N)=O)cnn2c1C. The number of aryl methyl sites for hydroxylation is 2. The molecule has 9 heteroatoms. The first kappa shape index (κ1) is 21.6. The van der Waals surface area contributed by atoms with Crippen LogP contribution in [-0.4, -0.2) is 57.1 Å². The summed E-state index contributed by atoms with van der Waals surface area (Å²) in [6.45, 7) is 7.17. The summed E-state index contributed by atoms with van der Waals surface area (Å²) in [6.07, 6.45) is 2.06. The highest BCUT2D eigenvalue weighted by molar-refractivity contribution is 5.98. The fraction of sp³-hybridized carbons (Fsp3) is 0.391. The number of hydrogen-bond donors (Lipinski definition) is 1. The van der Waals surface area contributed by atoms with E-state index in [9.17, 15) is 9.59 Å². The normalized spacial score (nSPS) is 15.0. The Kier molecular flexibility index (Phi) is 5.98. The van der Waals surface area contributed by atoms with Gasteiger partial charge < -0.3 is 20.1 Å². The molecule has 0 aliphatic carbocycles. The molecule has 0 bridgehead atoms. The third-order valence-electron chi connectivity index (χ3n) is 5.79. The first-order valence-electron chi connectivity index (χ1n) is 10.7. The zero-order valence-electron chi connectivity index (χ0n) is 18.5. The van der Waals surface area contributed by atoms with Gasteiger partial charge in [-0.15, -0.1) is 0 Å². The molecule has 0 radical (unpaired) electrons. The summed E-state index contributed by atoms with van der Waals surface area (Å²) in [5, 5.41) is 4.24. The molecule has 0 saturated heterocycles. The number of nitrogens with zero attached hydrogens (tertiary/aromatic N) is 4. The summed E-state index contributed by atoms with van der Waals surface area (Å²) >= 11 is 0. The Morgan fingerprint density at radius 3 is 2.72 bits per heavy atom. The van der Waals surface area contributed by atoms with E-state index in [0.717, 1.165) is 22.7 Å². The number of amides is 2. The monoisotopic (exact) mass is 437 g/mol. The Morgan fingerprint density at radius 1 is 1.25 bits per heavy atom. The molecule has 168 valence electrons. The minimum atomic E-state index is -0.565. The van der Waals surface area contributed by atoms with E-state index in [1.54, 1.807) is 9.42 Å². The smallest absolute Gasteiger partial charge is 0.254 e. The molecule has 1 unspecified atom stereocenters. The molecule has 3 heterocycles. The molecular formula is C23H27N5O4. The Bertz CT molecular complexity index is 1170. The highest BCUT2D eigenvalue weighted by atomic mass is 16.6. The highest BCUT2D eigenvalue weighted by Crippen LogP contribution is 2.31. The summed E-state index contributed by atoms with van der Waals surface area (Å²) in [5.41, 5.74) is 8.67. The molecule has 2 N–H and O–H groups in total. The van der Waals surface area contributed by atoms with Crippen molar-refractivity contribution in [3.05, 3.63) is 53.0 Å². The standard InChI is InChI=1S/C23H27N5O4/c1-4-27(12-16-13-31-19-7-5-6-8-20(19)32-16)21(29)10-9-17-14(2)26-23-18(22(24)30)11-25-28(23)15(17)3/h5-8,11,16H,4,9-10,12-13H2,1-3H3,(H2,24,30). The van der Waals surface area contributed by atoms with Gasteiger partial charge in [0, 0.05) is 24.4 Å². The lowest BCUT2D eigenvalue weighted by molar-refractivity contribution is -0.132. The molecule has 9 nitrogen and oxygen atoms in total. The number of fused-ring (bicyclic) bond motifs is 2. The number of carbonyl (C=O) groups excluding carboxylic acids is 2. The number of primary amides is 1. The third kappa shape index (κ3) is 4.10. The average Bonchev–Trinajstić information content (AvgIpc) is 3.21. The molecule has 1 atom stereocenters. The lowest BCUT2D eigenvalue weighted by Gasteiger charge is -2.31. The van der Waals surface area contributed by atoms with Crippen molar-refractivity contribution in [1.29, 1.82) is 0 Å². The van der Waals surface area contributed by atoms with Crippen molar-refractivity contribution in [2.24, 2.45) is 5.73 Å². The number of hydrogen-bond acceptors (Lipinski definition) is 6. The number of benzene rings is 1. The fourth-order valence-electron chi connectivity index (χ4n) is 4.04. The van der Waals surface area contributed by atoms with E-state index in [2.05, 4.69) is 10.1 Å². The van der Waals surface area contributed by atoms with E-state index >= 15 is 0 Å². The summed E-state index contributed by atoms with van der Waals surface area (Å²) in [7, 11) is 0. The Labute approximate surface area is 186 Å². The number of likely N-dealkylation sites (N-methyl/N-ethyl adjacent to an activating group) is 1. The van der Waals surface area contributed by atoms with Crippen molar-refractivity contribution < 1.29 is 19.1 Å².